The van der Waals surface area contributed by atoms with E-state index < -0.39 is 0 Å². The van der Waals surface area contributed by atoms with E-state index in [2.05, 4.69) is 46.3 Å². The second-order valence-corrected chi connectivity index (χ2v) is 7.84. The number of nitrogens with one attached hydrogen (secondary N) is 2. The topological polar surface area (TPSA) is 42.9 Å². The van der Waals surface area contributed by atoms with Gasteiger partial charge in [0.15, 0.2) is 5.96 Å². The lowest BCUT2D eigenvalue weighted by Gasteiger charge is -2.24. The van der Waals surface area contributed by atoms with E-state index in [1.807, 2.05) is 7.05 Å². The first-order valence-electron chi connectivity index (χ1n) is 10.0. The van der Waals surface area contributed by atoms with Crippen molar-refractivity contribution in [1.29, 1.82) is 0 Å². The molecule has 5 nitrogen and oxygen atoms in total. The number of hydrogen-bond acceptors (Lipinski definition) is 3. The Morgan fingerprint density at radius 3 is 2.62 bits per heavy atom. The molecule has 1 aliphatic heterocycles. The Morgan fingerprint density at radius 2 is 1.96 bits per heavy atom. The Bertz CT molecular complexity index is 376. The standard InChI is InChI=1S/C19H39N5/c1-16(2)23(4)13-8-7-12-21-19(20-3)22-17-11-14-24(15-17)18-9-5-6-10-18/h16-18H,5-15H2,1-4H3,(H2,20,21,22). The molecule has 0 radical (unpaired) electrons. The SMILES string of the molecule is CN=C(NCCCCN(C)C(C)C)NC1CCN(C2CCCC2)C1. The first-order chi connectivity index (χ1) is 11.6. The van der Waals surface area contributed by atoms with Crippen molar-refractivity contribution in [1.82, 2.24) is 20.4 Å². The van der Waals surface area contributed by atoms with E-state index in [4.69, 9.17) is 0 Å². The highest BCUT2D eigenvalue weighted by Crippen LogP contribution is 2.26. The molecule has 1 aliphatic carbocycles. The van der Waals surface area contributed by atoms with Crippen molar-refractivity contribution in [2.45, 2.75) is 76.9 Å². The quantitative estimate of drug-likeness (QED) is 0.405. The van der Waals surface area contributed by atoms with Gasteiger partial charge in [-0.1, -0.05) is 12.8 Å². The van der Waals surface area contributed by atoms with Gasteiger partial charge in [-0.2, -0.15) is 0 Å². The van der Waals surface area contributed by atoms with Gasteiger partial charge in [0, 0.05) is 44.8 Å². The maximum absolute atomic E-state index is 4.40. The van der Waals surface area contributed by atoms with Crippen molar-refractivity contribution in [3.8, 4) is 0 Å². The highest BCUT2D eigenvalue weighted by Gasteiger charge is 2.30. The lowest BCUT2D eigenvalue weighted by atomic mass is 10.2. The smallest absolute Gasteiger partial charge is 0.191 e. The molecule has 1 saturated carbocycles. The van der Waals surface area contributed by atoms with Crippen LogP contribution in [0, 0.1) is 0 Å². The summed E-state index contributed by atoms with van der Waals surface area (Å²) in [6, 6.07) is 2.05. The number of aliphatic imine (C=N–C) groups is 1. The van der Waals surface area contributed by atoms with Crippen LogP contribution >= 0.6 is 0 Å². The Labute approximate surface area is 149 Å². The van der Waals surface area contributed by atoms with Crippen LogP contribution < -0.4 is 10.6 Å². The van der Waals surface area contributed by atoms with Crippen molar-refractivity contribution >= 4 is 5.96 Å². The highest BCUT2D eigenvalue weighted by molar-refractivity contribution is 5.79. The Balaban J connectivity index is 1.59. The Morgan fingerprint density at radius 1 is 1.21 bits per heavy atom. The summed E-state index contributed by atoms with van der Waals surface area (Å²) in [6.07, 6.45) is 9.34. The normalized spacial score (nSPS) is 23.6. The van der Waals surface area contributed by atoms with E-state index in [1.165, 1.54) is 64.6 Å². The van der Waals surface area contributed by atoms with Gasteiger partial charge in [0.05, 0.1) is 0 Å². The van der Waals surface area contributed by atoms with Gasteiger partial charge in [0.2, 0.25) is 0 Å². The fraction of sp³-hybridized carbons (Fsp3) is 0.947. The third-order valence-corrected chi connectivity index (χ3v) is 5.74. The molecule has 1 atom stereocenters. The molecule has 1 saturated heterocycles. The number of nitrogens with zero attached hydrogens (tertiary/aromatic N) is 3. The maximum atomic E-state index is 4.40. The molecule has 0 amide bonds. The summed E-state index contributed by atoms with van der Waals surface area (Å²) >= 11 is 0. The zero-order valence-corrected chi connectivity index (χ0v) is 16.4. The van der Waals surface area contributed by atoms with E-state index in [0.717, 1.165) is 18.5 Å². The van der Waals surface area contributed by atoms with E-state index in [0.29, 0.717) is 12.1 Å². The average Bonchev–Trinajstić information content (AvgIpc) is 3.24. The summed E-state index contributed by atoms with van der Waals surface area (Å²) < 4.78 is 0. The average molecular weight is 338 g/mol. The summed E-state index contributed by atoms with van der Waals surface area (Å²) in [7, 11) is 4.08. The van der Waals surface area contributed by atoms with Gasteiger partial charge in [-0.15, -0.1) is 0 Å². The summed E-state index contributed by atoms with van der Waals surface area (Å²) in [5.41, 5.74) is 0. The predicted molar refractivity (Wildman–Crippen MR) is 104 cm³/mol. The van der Waals surface area contributed by atoms with E-state index in [-0.39, 0.29) is 0 Å². The molecule has 0 aromatic carbocycles. The molecule has 2 fully saturated rings. The van der Waals surface area contributed by atoms with Gasteiger partial charge in [-0.05, 0) is 59.5 Å². The number of guanidine groups is 1. The zero-order chi connectivity index (χ0) is 17.4. The largest absolute Gasteiger partial charge is 0.356 e. The van der Waals surface area contributed by atoms with Crippen molar-refractivity contribution in [3.05, 3.63) is 0 Å². The molecule has 5 heteroatoms. The van der Waals surface area contributed by atoms with Crippen LogP contribution in [-0.4, -0.2) is 74.2 Å². The molecule has 1 heterocycles. The van der Waals surface area contributed by atoms with Crippen LogP contribution in [0.5, 0.6) is 0 Å². The third-order valence-electron chi connectivity index (χ3n) is 5.74. The van der Waals surface area contributed by atoms with Gasteiger partial charge < -0.3 is 15.5 Å². The zero-order valence-electron chi connectivity index (χ0n) is 16.4. The van der Waals surface area contributed by atoms with Gasteiger partial charge in [0.25, 0.3) is 0 Å². The van der Waals surface area contributed by atoms with Crippen LogP contribution in [-0.2, 0) is 0 Å². The molecule has 1 unspecified atom stereocenters. The lowest BCUT2D eigenvalue weighted by Crippen LogP contribution is -2.45. The number of likely N-dealkylation sites (tertiary alicyclic amines) is 1. The molecule has 140 valence electrons. The molecule has 2 N–H and O–H groups in total. The Hall–Kier alpha value is -0.810. The van der Waals surface area contributed by atoms with Crippen LogP contribution in [0.1, 0.15) is 58.8 Å². The van der Waals surface area contributed by atoms with Crippen molar-refractivity contribution in [3.63, 3.8) is 0 Å². The van der Waals surface area contributed by atoms with Gasteiger partial charge >= 0.3 is 0 Å². The summed E-state index contributed by atoms with van der Waals surface area (Å²) in [5, 5.41) is 7.11. The minimum atomic E-state index is 0.559. The number of rotatable bonds is 8. The van der Waals surface area contributed by atoms with Crippen LogP contribution in [0.4, 0.5) is 0 Å². The van der Waals surface area contributed by atoms with Crippen molar-refractivity contribution in [2.24, 2.45) is 4.99 Å². The summed E-state index contributed by atoms with van der Waals surface area (Å²) in [5.74, 6) is 0.977. The monoisotopic (exact) mass is 337 g/mol. The minimum Gasteiger partial charge on any atom is -0.356 e. The molecule has 0 aromatic heterocycles. The number of unbranched alkanes of at least 4 members (excludes halogenated alkanes) is 1. The van der Waals surface area contributed by atoms with Crippen LogP contribution in [0.3, 0.4) is 0 Å². The van der Waals surface area contributed by atoms with Gasteiger partial charge in [-0.25, -0.2) is 0 Å². The second-order valence-electron chi connectivity index (χ2n) is 7.84. The predicted octanol–water partition coefficient (Wildman–Crippen LogP) is 2.29. The Kier molecular flexibility index (Phi) is 8.33. The lowest BCUT2D eigenvalue weighted by molar-refractivity contribution is 0.242. The van der Waals surface area contributed by atoms with Gasteiger partial charge in [-0.3, -0.25) is 9.89 Å². The van der Waals surface area contributed by atoms with Crippen LogP contribution in [0.15, 0.2) is 4.99 Å². The fourth-order valence-electron chi connectivity index (χ4n) is 3.85. The molecule has 24 heavy (non-hydrogen) atoms. The molecule has 0 aromatic rings. The molecular weight excluding hydrogens is 298 g/mol. The molecule has 0 bridgehead atoms. The maximum Gasteiger partial charge on any atom is 0.191 e. The summed E-state index contributed by atoms with van der Waals surface area (Å²) in [6.45, 7) is 9.11. The number of hydrogen-bond donors (Lipinski definition) is 2. The highest BCUT2D eigenvalue weighted by atomic mass is 15.3. The van der Waals surface area contributed by atoms with E-state index >= 15 is 0 Å². The summed E-state index contributed by atoms with van der Waals surface area (Å²) in [4.78, 5) is 9.50. The first-order valence-corrected chi connectivity index (χ1v) is 10.0. The molecule has 2 aliphatic rings. The third kappa shape index (κ3) is 6.25. The molecule has 2 rings (SSSR count). The molecule has 0 spiro atoms. The van der Waals surface area contributed by atoms with Crippen LogP contribution in [0.2, 0.25) is 0 Å². The first kappa shape index (κ1) is 19.5. The van der Waals surface area contributed by atoms with E-state index in [9.17, 15) is 0 Å². The van der Waals surface area contributed by atoms with Crippen LogP contribution in [0.25, 0.3) is 0 Å². The minimum absolute atomic E-state index is 0.559. The molecular formula is C19H39N5. The van der Waals surface area contributed by atoms with Crippen molar-refractivity contribution < 1.29 is 0 Å². The fourth-order valence-corrected chi connectivity index (χ4v) is 3.85. The van der Waals surface area contributed by atoms with Crippen molar-refractivity contribution in [2.75, 3.05) is 40.3 Å². The second kappa shape index (κ2) is 10.2. The van der Waals surface area contributed by atoms with E-state index in [1.54, 1.807) is 0 Å². The van der Waals surface area contributed by atoms with Gasteiger partial charge in [0.1, 0.15) is 0 Å².